The summed E-state index contributed by atoms with van der Waals surface area (Å²) in [5, 5.41) is 4.90. The van der Waals surface area contributed by atoms with Crippen LogP contribution in [0.25, 0.3) is 10.9 Å². The van der Waals surface area contributed by atoms with E-state index in [1.54, 1.807) is 18.2 Å². The van der Waals surface area contributed by atoms with Crippen LogP contribution in [0.3, 0.4) is 0 Å². The van der Waals surface area contributed by atoms with Gasteiger partial charge in [-0.2, -0.15) is 0 Å². The van der Waals surface area contributed by atoms with Gasteiger partial charge in [-0.05, 0) is 67.2 Å². The summed E-state index contributed by atoms with van der Waals surface area (Å²) in [5.74, 6) is -0.292. The number of nitrogens with one attached hydrogen (secondary N) is 1. The predicted molar refractivity (Wildman–Crippen MR) is 139 cm³/mol. The van der Waals surface area contributed by atoms with E-state index >= 15 is 0 Å². The van der Waals surface area contributed by atoms with Crippen LogP contribution in [0, 0.1) is 11.7 Å². The van der Waals surface area contributed by atoms with Crippen LogP contribution in [0.4, 0.5) is 4.39 Å². The van der Waals surface area contributed by atoms with Crippen LogP contribution >= 0.6 is 11.6 Å². The molecule has 0 bridgehead atoms. The fourth-order valence-electron chi connectivity index (χ4n) is 4.91. The van der Waals surface area contributed by atoms with E-state index in [-0.39, 0.29) is 24.2 Å². The van der Waals surface area contributed by atoms with E-state index in [1.165, 1.54) is 28.2 Å². The molecule has 2 heterocycles. The molecule has 0 unspecified atom stereocenters. The third-order valence-corrected chi connectivity index (χ3v) is 7.16. The number of para-hydroxylation sites is 1. The van der Waals surface area contributed by atoms with Gasteiger partial charge in [0, 0.05) is 47.3 Å². The predicted octanol–water partition coefficient (Wildman–Crippen LogP) is 6.01. The van der Waals surface area contributed by atoms with Crippen molar-refractivity contribution in [3.63, 3.8) is 0 Å². The molecule has 1 aliphatic heterocycles. The molecule has 1 aliphatic rings. The van der Waals surface area contributed by atoms with E-state index in [0.717, 1.165) is 44.0 Å². The molecule has 0 saturated carbocycles. The molecule has 1 amide bonds. The van der Waals surface area contributed by atoms with Crippen LogP contribution in [0.5, 0.6) is 0 Å². The Balaban J connectivity index is 1.22. The van der Waals surface area contributed by atoms with Gasteiger partial charge in [-0.25, -0.2) is 4.39 Å². The lowest BCUT2D eigenvalue weighted by molar-refractivity contribution is -0.126. The zero-order chi connectivity index (χ0) is 24.2. The summed E-state index contributed by atoms with van der Waals surface area (Å²) in [6, 6.07) is 25.4. The molecule has 0 aliphatic carbocycles. The fraction of sp³-hybridized carbons (Fsp3) is 0.276. The number of fused-ring (bicyclic) bond motifs is 1. The molecule has 0 radical (unpaired) electrons. The van der Waals surface area contributed by atoms with E-state index in [1.807, 2.05) is 12.1 Å². The van der Waals surface area contributed by atoms with Gasteiger partial charge in [-0.1, -0.05) is 60.1 Å². The Kier molecular flexibility index (Phi) is 7.16. The number of hydrogen-bond acceptors (Lipinski definition) is 2. The summed E-state index contributed by atoms with van der Waals surface area (Å²) in [5.41, 5.74) is 4.22. The molecule has 1 N–H and O–H groups in total. The lowest BCUT2D eigenvalue weighted by Crippen LogP contribution is -2.40. The average Bonchev–Trinajstić information content (AvgIpc) is 3.22. The van der Waals surface area contributed by atoms with E-state index in [2.05, 4.69) is 57.2 Å². The molecule has 180 valence electrons. The largest absolute Gasteiger partial charge is 0.352 e. The first-order chi connectivity index (χ1) is 17.1. The van der Waals surface area contributed by atoms with Crippen LogP contribution in [0.1, 0.15) is 29.7 Å². The van der Waals surface area contributed by atoms with E-state index in [0.29, 0.717) is 5.56 Å². The highest BCUT2D eigenvalue weighted by atomic mass is 35.5. The maximum absolute atomic E-state index is 13.8. The quantitative estimate of drug-likeness (QED) is 0.345. The maximum Gasteiger partial charge on any atom is 0.223 e. The fourth-order valence-corrected chi connectivity index (χ4v) is 5.03. The van der Waals surface area contributed by atoms with Crippen molar-refractivity contribution >= 4 is 28.4 Å². The van der Waals surface area contributed by atoms with Crippen molar-refractivity contribution in [2.75, 3.05) is 13.1 Å². The summed E-state index contributed by atoms with van der Waals surface area (Å²) in [7, 11) is 0. The highest BCUT2D eigenvalue weighted by Crippen LogP contribution is 2.25. The van der Waals surface area contributed by atoms with Crippen molar-refractivity contribution in [2.24, 2.45) is 5.92 Å². The molecular weight excluding hydrogens is 461 g/mol. The number of carbonyl (C=O) groups is 1. The smallest absolute Gasteiger partial charge is 0.223 e. The van der Waals surface area contributed by atoms with Gasteiger partial charge in [0.1, 0.15) is 5.82 Å². The van der Waals surface area contributed by atoms with Crippen molar-refractivity contribution in [1.29, 1.82) is 0 Å². The number of benzene rings is 3. The van der Waals surface area contributed by atoms with Crippen LogP contribution in [-0.4, -0.2) is 28.5 Å². The monoisotopic (exact) mass is 489 g/mol. The first kappa shape index (κ1) is 23.6. The summed E-state index contributed by atoms with van der Waals surface area (Å²) in [4.78, 5) is 15.1. The molecule has 1 saturated heterocycles. The summed E-state index contributed by atoms with van der Waals surface area (Å²) >= 11 is 6.08. The molecular formula is C29H29ClFN3O. The Morgan fingerprint density at radius 1 is 0.943 bits per heavy atom. The Morgan fingerprint density at radius 3 is 2.43 bits per heavy atom. The molecule has 4 nitrogen and oxygen atoms in total. The molecule has 35 heavy (non-hydrogen) atoms. The van der Waals surface area contributed by atoms with Gasteiger partial charge in [0.25, 0.3) is 0 Å². The van der Waals surface area contributed by atoms with Crippen LogP contribution < -0.4 is 5.32 Å². The van der Waals surface area contributed by atoms with Gasteiger partial charge in [0.2, 0.25) is 5.91 Å². The number of nitrogens with zero attached hydrogens (tertiary/aromatic N) is 2. The second-order valence-corrected chi connectivity index (χ2v) is 9.70. The normalized spacial score (nSPS) is 14.9. The Labute approximate surface area is 210 Å². The summed E-state index contributed by atoms with van der Waals surface area (Å²) < 4.78 is 16.2. The SMILES string of the molecule is O=C(NCc1ccccc1F)C1CCN(Cc2cc3ccccc3n2Cc2ccc(Cl)cc2)CC1. The zero-order valence-corrected chi connectivity index (χ0v) is 20.3. The van der Waals surface area contributed by atoms with Gasteiger partial charge in [0.15, 0.2) is 0 Å². The van der Waals surface area contributed by atoms with Crippen molar-refractivity contribution in [1.82, 2.24) is 14.8 Å². The number of hydrogen-bond donors (Lipinski definition) is 1. The van der Waals surface area contributed by atoms with Gasteiger partial charge in [0.05, 0.1) is 0 Å². The second kappa shape index (κ2) is 10.6. The van der Waals surface area contributed by atoms with Crippen molar-refractivity contribution < 1.29 is 9.18 Å². The molecule has 4 aromatic rings. The molecule has 0 spiro atoms. The maximum atomic E-state index is 13.8. The van der Waals surface area contributed by atoms with E-state index in [4.69, 9.17) is 11.6 Å². The third-order valence-electron chi connectivity index (χ3n) is 6.91. The molecule has 5 rings (SSSR count). The standard InChI is InChI=1S/C29H29ClFN3O/c30-25-11-9-21(10-12-25)19-34-26(17-23-5-2-4-8-28(23)34)20-33-15-13-22(14-16-33)29(35)32-18-24-6-1-3-7-27(24)31/h1-12,17,22H,13-16,18-20H2,(H,32,35). The average molecular weight is 490 g/mol. The minimum atomic E-state index is -0.281. The minimum absolute atomic E-state index is 0.0183. The van der Waals surface area contributed by atoms with E-state index in [9.17, 15) is 9.18 Å². The third kappa shape index (κ3) is 5.58. The second-order valence-electron chi connectivity index (χ2n) is 9.27. The topological polar surface area (TPSA) is 37.3 Å². The Hall–Kier alpha value is -3.15. The van der Waals surface area contributed by atoms with Gasteiger partial charge >= 0.3 is 0 Å². The lowest BCUT2D eigenvalue weighted by atomic mass is 9.95. The lowest BCUT2D eigenvalue weighted by Gasteiger charge is -2.31. The van der Waals surface area contributed by atoms with E-state index < -0.39 is 0 Å². The van der Waals surface area contributed by atoms with Gasteiger partial charge in [-0.3, -0.25) is 9.69 Å². The van der Waals surface area contributed by atoms with Gasteiger partial charge < -0.3 is 9.88 Å². The highest BCUT2D eigenvalue weighted by Gasteiger charge is 2.25. The summed E-state index contributed by atoms with van der Waals surface area (Å²) in [6.07, 6.45) is 1.61. The molecule has 1 fully saturated rings. The highest BCUT2D eigenvalue weighted by molar-refractivity contribution is 6.30. The van der Waals surface area contributed by atoms with Crippen LogP contribution in [0.15, 0.2) is 78.9 Å². The molecule has 3 aromatic carbocycles. The summed E-state index contributed by atoms with van der Waals surface area (Å²) in [6.45, 7) is 3.58. The Morgan fingerprint density at radius 2 is 1.66 bits per heavy atom. The minimum Gasteiger partial charge on any atom is -0.352 e. The van der Waals surface area contributed by atoms with Crippen molar-refractivity contribution in [3.8, 4) is 0 Å². The Bertz CT molecular complexity index is 1310. The first-order valence-electron chi connectivity index (χ1n) is 12.1. The zero-order valence-electron chi connectivity index (χ0n) is 19.6. The number of piperidine rings is 1. The van der Waals surface area contributed by atoms with Crippen LogP contribution in [0.2, 0.25) is 5.02 Å². The van der Waals surface area contributed by atoms with Crippen molar-refractivity contribution in [2.45, 2.75) is 32.5 Å². The molecule has 1 aromatic heterocycles. The number of likely N-dealkylation sites (tertiary alicyclic amines) is 1. The van der Waals surface area contributed by atoms with Crippen molar-refractivity contribution in [3.05, 3.63) is 107 Å². The number of amides is 1. The molecule has 0 atom stereocenters. The molecule has 6 heteroatoms. The number of rotatable bonds is 7. The first-order valence-corrected chi connectivity index (χ1v) is 12.5. The van der Waals surface area contributed by atoms with Gasteiger partial charge in [-0.15, -0.1) is 0 Å². The number of aromatic nitrogens is 1. The van der Waals surface area contributed by atoms with Crippen LogP contribution in [-0.2, 0) is 24.4 Å². The number of carbonyl (C=O) groups excluding carboxylic acids is 1. The number of halogens is 2.